The molecule has 0 aromatic carbocycles. The molecule has 1 aliphatic heterocycles. The summed E-state index contributed by atoms with van der Waals surface area (Å²) in [7, 11) is 2.12. The van der Waals surface area contributed by atoms with Crippen molar-refractivity contribution >= 4 is 5.91 Å². The first-order chi connectivity index (χ1) is 7.58. The second-order valence-electron chi connectivity index (χ2n) is 4.81. The van der Waals surface area contributed by atoms with Crippen molar-refractivity contribution in [3.8, 4) is 0 Å². The molecule has 4 heteroatoms. The number of nitrogens with zero attached hydrogens (tertiary/aromatic N) is 1. The van der Waals surface area contributed by atoms with Gasteiger partial charge in [0.25, 0.3) is 0 Å². The summed E-state index contributed by atoms with van der Waals surface area (Å²) in [6.45, 7) is 6.64. The maximum atomic E-state index is 11.6. The number of rotatable bonds is 5. The van der Waals surface area contributed by atoms with Gasteiger partial charge in [0.05, 0.1) is 12.7 Å². The molecule has 1 aliphatic rings. The van der Waals surface area contributed by atoms with Crippen LogP contribution in [0.5, 0.6) is 0 Å². The number of carbonyl (C=O) groups is 1. The fourth-order valence-electron chi connectivity index (χ4n) is 1.84. The number of amides is 1. The van der Waals surface area contributed by atoms with Gasteiger partial charge < -0.3 is 15.0 Å². The summed E-state index contributed by atoms with van der Waals surface area (Å²) in [6, 6.07) is 0.364. The molecular formula is C12H26N2O2. The smallest absolute Gasteiger partial charge is 0.222 e. The van der Waals surface area contributed by atoms with E-state index in [1.54, 1.807) is 0 Å². The highest BCUT2D eigenvalue weighted by atomic mass is 16.5. The molecule has 16 heavy (non-hydrogen) atoms. The quantitative estimate of drug-likeness (QED) is 0.773. The Labute approximate surface area is 99.8 Å². The fourth-order valence-corrected chi connectivity index (χ4v) is 1.84. The van der Waals surface area contributed by atoms with E-state index in [4.69, 9.17) is 4.74 Å². The van der Waals surface area contributed by atoms with Gasteiger partial charge in [0, 0.05) is 13.9 Å². The Hall–Kier alpha value is -0.610. The molecule has 1 amide bonds. The van der Waals surface area contributed by atoms with Gasteiger partial charge in [-0.15, -0.1) is 0 Å². The number of likely N-dealkylation sites (tertiary alicyclic amines) is 1. The minimum Gasteiger partial charge on any atom is -0.378 e. The Balaban J connectivity index is 0.00000256. The first-order valence-corrected chi connectivity index (χ1v) is 6.17. The normalized spacial score (nSPS) is 19.0. The van der Waals surface area contributed by atoms with Crippen molar-refractivity contribution in [2.24, 2.45) is 0 Å². The van der Waals surface area contributed by atoms with Gasteiger partial charge in [0.1, 0.15) is 0 Å². The zero-order valence-corrected chi connectivity index (χ0v) is 10.7. The molecule has 0 unspecified atom stereocenters. The molecule has 1 rings (SSSR count). The number of hydrogen-bond donors (Lipinski definition) is 1. The van der Waals surface area contributed by atoms with E-state index in [0.717, 1.165) is 25.9 Å². The molecule has 1 heterocycles. The minimum absolute atomic E-state index is 0. The van der Waals surface area contributed by atoms with Gasteiger partial charge in [-0.2, -0.15) is 0 Å². The molecule has 0 bridgehead atoms. The third-order valence-corrected chi connectivity index (χ3v) is 2.86. The summed E-state index contributed by atoms with van der Waals surface area (Å²) in [5.74, 6) is 0.121. The van der Waals surface area contributed by atoms with Gasteiger partial charge in [-0.3, -0.25) is 4.79 Å². The molecule has 0 aromatic rings. The van der Waals surface area contributed by atoms with E-state index < -0.39 is 0 Å². The first-order valence-electron chi connectivity index (χ1n) is 6.17. The van der Waals surface area contributed by atoms with Crippen LogP contribution < -0.4 is 5.32 Å². The van der Waals surface area contributed by atoms with E-state index in [1.807, 2.05) is 13.8 Å². The second kappa shape index (κ2) is 6.86. The van der Waals surface area contributed by atoms with Gasteiger partial charge in [0.15, 0.2) is 0 Å². The fraction of sp³-hybridized carbons (Fsp3) is 0.917. The van der Waals surface area contributed by atoms with E-state index in [1.165, 1.54) is 0 Å². The van der Waals surface area contributed by atoms with Crippen LogP contribution in [0, 0.1) is 0 Å². The average molecular weight is 230 g/mol. The molecule has 0 radical (unpaired) electrons. The summed E-state index contributed by atoms with van der Waals surface area (Å²) < 4.78 is 5.35. The summed E-state index contributed by atoms with van der Waals surface area (Å²) in [5, 5.41) is 3.07. The van der Waals surface area contributed by atoms with Crippen LogP contribution >= 0.6 is 0 Å². The summed E-state index contributed by atoms with van der Waals surface area (Å²) in [4.78, 5) is 13.9. The third kappa shape index (κ3) is 5.47. The summed E-state index contributed by atoms with van der Waals surface area (Å²) >= 11 is 0. The zero-order chi connectivity index (χ0) is 12.0. The molecule has 0 atom stereocenters. The maximum absolute atomic E-state index is 11.6. The molecular weight excluding hydrogens is 204 g/mol. The second-order valence-corrected chi connectivity index (χ2v) is 4.81. The predicted octanol–water partition coefficient (Wildman–Crippen LogP) is 1.26. The van der Waals surface area contributed by atoms with E-state index in [9.17, 15) is 4.79 Å². The lowest BCUT2D eigenvalue weighted by Crippen LogP contribution is -2.43. The van der Waals surface area contributed by atoms with Crippen molar-refractivity contribution in [3.63, 3.8) is 0 Å². The van der Waals surface area contributed by atoms with Crippen LogP contribution in [-0.4, -0.2) is 49.7 Å². The van der Waals surface area contributed by atoms with Crippen molar-refractivity contribution in [1.82, 2.24) is 10.2 Å². The standard InChI is InChI=1S/C12H24N2O2.H2/c1-10(2)16-9-6-12(15)13-11-4-7-14(3)8-5-11;/h10-11H,4-9H2,1-3H3,(H,13,15);1H. The molecule has 1 saturated heterocycles. The average Bonchev–Trinajstić information content (AvgIpc) is 2.21. The van der Waals surface area contributed by atoms with Crippen LogP contribution in [0.15, 0.2) is 0 Å². The highest BCUT2D eigenvalue weighted by Crippen LogP contribution is 2.08. The van der Waals surface area contributed by atoms with Crippen LogP contribution in [0.2, 0.25) is 0 Å². The molecule has 0 spiro atoms. The van der Waals surface area contributed by atoms with Gasteiger partial charge in [-0.1, -0.05) is 0 Å². The lowest BCUT2D eigenvalue weighted by atomic mass is 10.1. The van der Waals surface area contributed by atoms with Crippen LogP contribution in [-0.2, 0) is 9.53 Å². The Morgan fingerprint density at radius 1 is 1.50 bits per heavy atom. The number of nitrogens with one attached hydrogen (secondary N) is 1. The van der Waals surface area contributed by atoms with Crippen LogP contribution in [0.3, 0.4) is 0 Å². The van der Waals surface area contributed by atoms with Crippen molar-refractivity contribution in [2.75, 3.05) is 26.7 Å². The Kier molecular flexibility index (Phi) is 5.77. The zero-order valence-electron chi connectivity index (χ0n) is 10.7. The van der Waals surface area contributed by atoms with Crippen molar-refractivity contribution in [2.45, 2.75) is 45.3 Å². The van der Waals surface area contributed by atoms with Gasteiger partial charge in [-0.05, 0) is 46.8 Å². The van der Waals surface area contributed by atoms with E-state index in [2.05, 4.69) is 17.3 Å². The van der Waals surface area contributed by atoms with Crippen LogP contribution in [0.25, 0.3) is 0 Å². The molecule has 1 N–H and O–H groups in total. The van der Waals surface area contributed by atoms with Gasteiger partial charge in [-0.25, -0.2) is 0 Å². The number of ether oxygens (including phenoxy) is 1. The monoisotopic (exact) mass is 230 g/mol. The lowest BCUT2D eigenvalue weighted by molar-refractivity contribution is -0.123. The Bertz CT molecular complexity index is 217. The van der Waals surface area contributed by atoms with E-state index >= 15 is 0 Å². The largest absolute Gasteiger partial charge is 0.378 e. The molecule has 1 fully saturated rings. The van der Waals surface area contributed by atoms with Crippen molar-refractivity contribution in [1.29, 1.82) is 0 Å². The summed E-state index contributed by atoms with van der Waals surface area (Å²) in [6.07, 6.45) is 2.81. The minimum atomic E-state index is 0. The Morgan fingerprint density at radius 3 is 2.69 bits per heavy atom. The third-order valence-electron chi connectivity index (χ3n) is 2.86. The van der Waals surface area contributed by atoms with Crippen LogP contribution in [0.1, 0.15) is 34.5 Å². The molecule has 0 saturated carbocycles. The summed E-state index contributed by atoms with van der Waals surface area (Å²) in [5.41, 5.74) is 0. The first kappa shape index (κ1) is 13.5. The van der Waals surface area contributed by atoms with E-state index in [-0.39, 0.29) is 13.4 Å². The number of carbonyl (C=O) groups excluding carboxylic acids is 1. The van der Waals surface area contributed by atoms with Gasteiger partial charge >= 0.3 is 0 Å². The highest BCUT2D eigenvalue weighted by molar-refractivity contribution is 5.76. The lowest BCUT2D eigenvalue weighted by Gasteiger charge is -2.29. The molecule has 96 valence electrons. The Morgan fingerprint density at radius 2 is 2.12 bits per heavy atom. The molecule has 0 aromatic heterocycles. The molecule has 0 aliphatic carbocycles. The van der Waals surface area contributed by atoms with Crippen LogP contribution in [0.4, 0.5) is 0 Å². The highest BCUT2D eigenvalue weighted by Gasteiger charge is 2.17. The SMILES string of the molecule is CC(C)OCCC(=O)NC1CCN(C)CC1.[HH]. The molecule has 4 nitrogen and oxygen atoms in total. The number of hydrogen-bond acceptors (Lipinski definition) is 3. The topological polar surface area (TPSA) is 41.6 Å². The van der Waals surface area contributed by atoms with Crippen molar-refractivity contribution < 1.29 is 11.0 Å². The maximum Gasteiger partial charge on any atom is 0.222 e. The van der Waals surface area contributed by atoms with Crippen molar-refractivity contribution in [3.05, 3.63) is 0 Å². The van der Waals surface area contributed by atoms with Gasteiger partial charge in [0.2, 0.25) is 5.91 Å². The predicted molar refractivity (Wildman–Crippen MR) is 66.5 cm³/mol. The number of piperidine rings is 1. The van der Waals surface area contributed by atoms with E-state index in [0.29, 0.717) is 19.1 Å².